The van der Waals surface area contributed by atoms with Gasteiger partial charge in [0.15, 0.2) is 0 Å². The normalized spacial score (nSPS) is 31.6. The Hall–Kier alpha value is 0.170. The first-order valence-corrected chi connectivity index (χ1v) is 5.83. The third kappa shape index (κ3) is 2.30. The van der Waals surface area contributed by atoms with Crippen LogP contribution in [-0.2, 0) is 10.7 Å². The zero-order valence-electron chi connectivity index (χ0n) is 6.12. The molecule has 0 aliphatic heterocycles. The van der Waals surface area contributed by atoms with Crippen molar-refractivity contribution in [1.82, 2.24) is 0 Å². The summed E-state index contributed by atoms with van der Waals surface area (Å²) >= 11 is 3.44. The van der Waals surface area contributed by atoms with Crippen LogP contribution in [0.4, 0.5) is 0 Å². The van der Waals surface area contributed by atoms with Crippen LogP contribution in [0.5, 0.6) is 0 Å². The molecule has 11 heavy (non-hydrogen) atoms. The smallest absolute Gasteiger partial charge is 0.140 e. The first-order chi connectivity index (χ1) is 5.11. The molecule has 0 aromatic rings. The fourth-order valence-corrected chi connectivity index (χ4v) is 2.78. The highest BCUT2D eigenvalue weighted by Gasteiger charge is 2.26. The molecule has 0 saturated heterocycles. The van der Waals surface area contributed by atoms with Gasteiger partial charge in [-0.15, -0.1) is 0 Å². The van der Waals surface area contributed by atoms with E-state index in [-0.39, 0.29) is 11.7 Å². The Labute approximate surface area is 76.8 Å². The maximum absolute atomic E-state index is 10.4. The third-order valence-electron chi connectivity index (χ3n) is 2.06. The van der Waals surface area contributed by atoms with Gasteiger partial charge in [0.05, 0.1) is 5.75 Å². The second-order valence-corrected chi connectivity index (χ2v) is 4.97. The Morgan fingerprint density at radius 1 is 1.55 bits per heavy atom. The number of alkyl halides is 1. The molecule has 0 radical (unpaired) electrons. The molecule has 1 aliphatic rings. The molecule has 0 aromatic heterocycles. The monoisotopic (exact) mass is 238 g/mol. The summed E-state index contributed by atoms with van der Waals surface area (Å²) in [5, 5.41) is 0. The van der Waals surface area contributed by atoms with E-state index in [0.29, 0.717) is 4.83 Å². The van der Waals surface area contributed by atoms with Crippen molar-refractivity contribution in [2.45, 2.75) is 17.7 Å². The first kappa shape index (κ1) is 9.26. The number of thiol groups is 1. The van der Waals surface area contributed by atoms with Crippen LogP contribution >= 0.6 is 15.9 Å². The SMILES string of the molecule is C=C1C(Br)CCC1C[SH](=O)=O. The van der Waals surface area contributed by atoms with Crippen molar-refractivity contribution in [2.24, 2.45) is 5.92 Å². The largest absolute Gasteiger partial charge is 0.232 e. The summed E-state index contributed by atoms with van der Waals surface area (Å²) in [7, 11) is -2.24. The fraction of sp³-hybridized carbons (Fsp3) is 0.714. The lowest BCUT2D eigenvalue weighted by atomic mass is 10.1. The Morgan fingerprint density at radius 3 is 2.55 bits per heavy atom. The number of hydrogen-bond acceptors (Lipinski definition) is 2. The Kier molecular flexibility index (Phi) is 3.13. The molecule has 2 nitrogen and oxygen atoms in total. The predicted molar refractivity (Wildman–Crippen MR) is 49.8 cm³/mol. The molecule has 0 amide bonds. The van der Waals surface area contributed by atoms with Crippen molar-refractivity contribution in [3.8, 4) is 0 Å². The summed E-state index contributed by atoms with van der Waals surface area (Å²) in [6, 6.07) is 0. The van der Waals surface area contributed by atoms with Crippen LogP contribution < -0.4 is 0 Å². The van der Waals surface area contributed by atoms with E-state index in [1.165, 1.54) is 0 Å². The van der Waals surface area contributed by atoms with E-state index in [2.05, 4.69) is 22.5 Å². The molecule has 64 valence electrons. The molecule has 0 N–H and O–H groups in total. The molecule has 4 heteroatoms. The number of hydrogen-bond donors (Lipinski definition) is 1. The van der Waals surface area contributed by atoms with Gasteiger partial charge in [-0.25, -0.2) is 8.42 Å². The van der Waals surface area contributed by atoms with Gasteiger partial charge in [-0.3, -0.25) is 0 Å². The molecule has 2 atom stereocenters. The van der Waals surface area contributed by atoms with Gasteiger partial charge in [-0.2, -0.15) is 0 Å². The summed E-state index contributed by atoms with van der Waals surface area (Å²) in [5.41, 5.74) is 1.05. The fourth-order valence-electron chi connectivity index (χ4n) is 1.36. The molecule has 2 unspecified atom stereocenters. The minimum atomic E-state index is -2.24. The highest BCUT2D eigenvalue weighted by molar-refractivity contribution is 9.09. The average molecular weight is 239 g/mol. The third-order valence-corrected chi connectivity index (χ3v) is 3.85. The van der Waals surface area contributed by atoms with Crippen molar-refractivity contribution in [1.29, 1.82) is 0 Å². The minimum absolute atomic E-state index is 0.195. The van der Waals surface area contributed by atoms with Gasteiger partial charge in [0.1, 0.15) is 10.7 Å². The quantitative estimate of drug-likeness (QED) is 0.448. The zero-order valence-corrected chi connectivity index (χ0v) is 8.61. The van der Waals surface area contributed by atoms with E-state index in [0.717, 1.165) is 18.4 Å². The summed E-state index contributed by atoms with van der Waals surface area (Å²) in [6.45, 7) is 3.86. The van der Waals surface area contributed by atoms with Gasteiger partial charge in [0, 0.05) is 4.83 Å². The summed E-state index contributed by atoms with van der Waals surface area (Å²) in [6.07, 6.45) is 1.98. The van der Waals surface area contributed by atoms with E-state index in [4.69, 9.17) is 0 Å². The number of halogens is 1. The van der Waals surface area contributed by atoms with Gasteiger partial charge in [0.2, 0.25) is 0 Å². The first-order valence-electron chi connectivity index (χ1n) is 3.56. The minimum Gasteiger partial charge on any atom is -0.232 e. The number of rotatable bonds is 2. The van der Waals surface area contributed by atoms with Crippen LogP contribution in [0.3, 0.4) is 0 Å². The van der Waals surface area contributed by atoms with Gasteiger partial charge in [0.25, 0.3) is 0 Å². The Morgan fingerprint density at radius 2 is 2.18 bits per heavy atom. The second kappa shape index (κ2) is 3.72. The van der Waals surface area contributed by atoms with Gasteiger partial charge >= 0.3 is 0 Å². The van der Waals surface area contributed by atoms with E-state index in [1.807, 2.05) is 0 Å². The van der Waals surface area contributed by atoms with E-state index < -0.39 is 10.7 Å². The highest BCUT2D eigenvalue weighted by Crippen LogP contribution is 2.34. The summed E-state index contributed by atoms with van der Waals surface area (Å²) in [5.74, 6) is 0.469. The van der Waals surface area contributed by atoms with Crippen LogP contribution in [0.1, 0.15) is 12.8 Å². The zero-order chi connectivity index (χ0) is 8.43. The van der Waals surface area contributed by atoms with Crippen LogP contribution in [-0.4, -0.2) is 19.0 Å². The molecule has 0 heterocycles. The maximum atomic E-state index is 10.4. The van der Waals surface area contributed by atoms with E-state index in [9.17, 15) is 8.42 Å². The van der Waals surface area contributed by atoms with Gasteiger partial charge in [-0.05, 0) is 18.8 Å². The lowest BCUT2D eigenvalue weighted by Crippen LogP contribution is -2.06. The highest BCUT2D eigenvalue weighted by atomic mass is 79.9. The van der Waals surface area contributed by atoms with Crippen LogP contribution in [0.25, 0.3) is 0 Å². The van der Waals surface area contributed by atoms with Crippen LogP contribution in [0.15, 0.2) is 12.2 Å². The molecule has 0 bridgehead atoms. The van der Waals surface area contributed by atoms with Crippen molar-refractivity contribution in [3.05, 3.63) is 12.2 Å². The lowest BCUT2D eigenvalue weighted by Gasteiger charge is -2.06. The Bertz CT molecular complexity index is 227. The maximum Gasteiger partial charge on any atom is 0.140 e. The molecule has 1 fully saturated rings. The van der Waals surface area contributed by atoms with E-state index >= 15 is 0 Å². The molecule has 1 aliphatic carbocycles. The van der Waals surface area contributed by atoms with Gasteiger partial charge < -0.3 is 0 Å². The van der Waals surface area contributed by atoms with Crippen molar-refractivity contribution in [2.75, 3.05) is 5.75 Å². The second-order valence-electron chi connectivity index (χ2n) is 2.83. The van der Waals surface area contributed by atoms with E-state index in [1.54, 1.807) is 0 Å². The van der Waals surface area contributed by atoms with Crippen molar-refractivity contribution < 1.29 is 8.42 Å². The molecular formula is C7H11BrO2S. The number of allylic oxidation sites excluding steroid dienone is 1. The average Bonchev–Trinajstić information content (AvgIpc) is 2.18. The van der Waals surface area contributed by atoms with Gasteiger partial charge in [-0.1, -0.05) is 28.1 Å². The molecular weight excluding hydrogens is 228 g/mol. The molecule has 0 spiro atoms. The lowest BCUT2D eigenvalue weighted by molar-refractivity contribution is 0.598. The summed E-state index contributed by atoms with van der Waals surface area (Å²) in [4.78, 5) is 0.336. The van der Waals surface area contributed by atoms with Crippen molar-refractivity contribution >= 4 is 26.6 Å². The van der Waals surface area contributed by atoms with Crippen LogP contribution in [0, 0.1) is 5.92 Å². The topological polar surface area (TPSA) is 34.1 Å². The molecule has 1 rings (SSSR count). The van der Waals surface area contributed by atoms with Crippen LogP contribution in [0.2, 0.25) is 0 Å². The molecule has 1 saturated carbocycles. The summed E-state index contributed by atoms with van der Waals surface area (Å²) < 4.78 is 20.8. The Balaban J connectivity index is 2.55. The van der Waals surface area contributed by atoms with Crippen molar-refractivity contribution in [3.63, 3.8) is 0 Å². The standard InChI is InChI=1S/C7H11BrO2S/c1-5-6(4-11(9)10)2-3-7(5)8/h6-7,11H,1-4H2. The predicted octanol–water partition coefficient (Wildman–Crippen LogP) is 1.33. The molecule has 0 aromatic carbocycles.